The maximum atomic E-state index is 5.82. The van der Waals surface area contributed by atoms with Crippen LogP contribution in [-0.2, 0) is 5.88 Å². The van der Waals surface area contributed by atoms with Crippen LogP contribution in [0.1, 0.15) is 16.8 Å². The van der Waals surface area contributed by atoms with Crippen molar-refractivity contribution in [2.45, 2.75) is 19.7 Å². The summed E-state index contributed by atoms with van der Waals surface area (Å²) >= 11 is 5.82. The average Bonchev–Trinajstić information content (AvgIpc) is 2.31. The van der Waals surface area contributed by atoms with Crippen LogP contribution < -0.4 is 4.74 Å². The largest absolute Gasteiger partial charge is 0.439 e. The first-order chi connectivity index (χ1) is 8.19. The number of aryl methyl sites for hydroxylation is 2. The lowest BCUT2D eigenvalue weighted by molar-refractivity contribution is 0.457. The molecule has 88 valence electrons. The Morgan fingerprint density at radius 3 is 2.65 bits per heavy atom. The van der Waals surface area contributed by atoms with Crippen LogP contribution >= 0.6 is 11.6 Å². The van der Waals surface area contributed by atoms with Gasteiger partial charge in [0.1, 0.15) is 5.75 Å². The SMILES string of the molecule is Cc1cc(CCl)cc(Oc2ccccc2C)n1. The molecule has 1 aromatic heterocycles. The summed E-state index contributed by atoms with van der Waals surface area (Å²) in [6, 6.07) is 11.7. The summed E-state index contributed by atoms with van der Waals surface area (Å²) in [5.41, 5.74) is 3.01. The monoisotopic (exact) mass is 247 g/mol. The van der Waals surface area contributed by atoms with Crippen molar-refractivity contribution < 1.29 is 4.74 Å². The fourth-order valence-electron chi connectivity index (χ4n) is 1.62. The van der Waals surface area contributed by atoms with E-state index in [0.717, 1.165) is 22.6 Å². The number of alkyl halides is 1. The summed E-state index contributed by atoms with van der Waals surface area (Å²) in [6.45, 7) is 3.94. The minimum Gasteiger partial charge on any atom is -0.439 e. The number of pyridine rings is 1. The number of ether oxygens (including phenoxy) is 1. The molecule has 0 unspecified atom stereocenters. The second-order valence-electron chi connectivity index (χ2n) is 3.96. The van der Waals surface area contributed by atoms with Gasteiger partial charge in [-0.15, -0.1) is 11.6 Å². The molecule has 0 amide bonds. The van der Waals surface area contributed by atoms with Crippen LogP contribution in [0.25, 0.3) is 0 Å². The molecule has 0 aliphatic heterocycles. The summed E-state index contributed by atoms with van der Waals surface area (Å²) in [5, 5.41) is 0. The van der Waals surface area contributed by atoms with E-state index in [4.69, 9.17) is 16.3 Å². The Morgan fingerprint density at radius 2 is 1.94 bits per heavy atom. The lowest BCUT2D eigenvalue weighted by Gasteiger charge is -2.09. The lowest BCUT2D eigenvalue weighted by atomic mass is 10.2. The number of nitrogens with zero attached hydrogens (tertiary/aromatic N) is 1. The second-order valence-corrected chi connectivity index (χ2v) is 4.22. The fourth-order valence-corrected chi connectivity index (χ4v) is 1.77. The number of para-hydroxylation sites is 1. The number of aromatic nitrogens is 1. The minimum absolute atomic E-state index is 0.466. The summed E-state index contributed by atoms with van der Waals surface area (Å²) in [4.78, 5) is 4.34. The molecule has 0 N–H and O–H groups in total. The smallest absolute Gasteiger partial charge is 0.219 e. The van der Waals surface area contributed by atoms with Crippen LogP contribution in [-0.4, -0.2) is 4.98 Å². The van der Waals surface area contributed by atoms with E-state index >= 15 is 0 Å². The highest BCUT2D eigenvalue weighted by Gasteiger charge is 2.04. The van der Waals surface area contributed by atoms with Gasteiger partial charge in [-0.05, 0) is 37.1 Å². The van der Waals surface area contributed by atoms with Crippen LogP contribution in [0.5, 0.6) is 11.6 Å². The first kappa shape index (κ1) is 11.9. The molecule has 0 bridgehead atoms. The molecule has 0 saturated carbocycles. The van der Waals surface area contributed by atoms with Crippen molar-refractivity contribution in [1.82, 2.24) is 4.98 Å². The molecule has 0 spiro atoms. The topological polar surface area (TPSA) is 22.1 Å². The summed E-state index contributed by atoms with van der Waals surface area (Å²) in [5.74, 6) is 1.88. The molecule has 0 aliphatic rings. The van der Waals surface area contributed by atoms with Crippen LogP contribution in [0.15, 0.2) is 36.4 Å². The third-order valence-corrected chi connectivity index (χ3v) is 2.76. The van der Waals surface area contributed by atoms with E-state index in [9.17, 15) is 0 Å². The van der Waals surface area contributed by atoms with Gasteiger partial charge in [0.15, 0.2) is 0 Å². The van der Waals surface area contributed by atoms with Gasteiger partial charge in [0.2, 0.25) is 5.88 Å². The molecule has 0 saturated heterocycles. The van der Waals surface area contributed by atoms with Crippen molar-refractivity contribution >= 4 is 11.6 Å². The minimum atomic E-state index is 0.466. The van der Waals surface area contributed by atoms with Gasteiger partial charge in [0, 0.05) is 17.6 Å². The van der Waals surface area contributed by atoms with Gasteiger partial charge in [-0.2, -0.15) is 0 Å². The van der Waals surface area contributed by atoms with E-state index in [-0.39, 0.29) is 0 Å². The Bertz CT molecular complexity index is 525. The second kappa shape index (κ2) is 5.19. The van der Waals surface area contributed by atoms with E-state index in [2.05, 4.69) is 4.98 Å². The highest BCUT2D eigenvalue weighted by Crippen LogP contribution is 2.24. The van der Waals surface area contributed by atoms with E-state index in [0.29, 0.717) is 11.8 Å². The first-order valence-electron chi connectivity index (χ1n) is 5.46. The molecule has 0 radical (unpaired) electrons. The van der Waals surface area contributed by atoms with Crippen molar-refractivity contribution in [2.75, 3.05) is 0 Å². The molecule has 1 heterocycles. The molecule has 1 aromatic carbocycles. The van der Waals surface area contributed by atoms with E-state index < -0.39 is 0 Å². The van der Waals surface area contributed by atoms with Crippen molar-refractivity contribution in [1.29, 1.82) is 0 Å². The van der Waals surface area contributed by atoms with Crippen LogP contribution in [0, 0.1) is 13.8 Å². The van der Waals surface area contributed by atoms with Crippen LogP contribution in [0.4, 0.5) is 0 Å². The molecule has 2 aromatic rings. The Labute approximate surface area is 106 Å². The fraction of sp³-hybridized carbons (Fsp3) is 0.214. The maximum Gasteiger partial charge on any atom is 0.219 e. The maximum absolute atomic E-state index is 5.82. The Balaban J connectivity index is 2.30. The van der Waals surface area contributed by atoms with Gasteiger partial charge < -0.3 is 4.74 Å². The number of halogens is 1. The normalized spacial score (nSPS) is 10.3. The summed E-state index contributed by atoms with van der Waals surface area (Å²) < 4.78 is 5.76. The van der Waals surface area contributed by atoms with E-state index in [1.165, 1.54) is 0 Å². The quantitative estimate of drug-likeness (QED) is 0.758. The number of hydrogen-bond donors (Lipinski definition) is 0. The van der Waals surface area contributed by atoms with Gasteiger partial charge in [-0.25, -0.2) is 4.98 Å². The molecule has 0 atom stereocenters. The Morgan fingerprint density at radius 1 is 1.18 bits per heavy atom. The van der Waals surface area contributed by atoms with Crippen molar-refractivity contribution in [3.8, 4) is 11.6 Å². The molecular weight excluding hydrogens is 234 g/mol. The van der Waals surface area contributed by atoms with Gasteiger partial charge in [-0.1, -0.05) is 18.2 Å². The summed E-state index contributed by atoms with van der Waals surface area (Å²) in [6.07, 6.45) is 0. The van der Waals surface area contributed by atoms with Crippen LogP contribution in [0.3, 0.4) is 0 Å². The third-order valence-electron chi connectivity index (χ3n) is 2.45. The molecular formula is C14H14ClNO. The third kappa shape index (κ3) is 2.98. The first-order valence-corrected chi connectivity index (χ1v) is 5.99. The van der Waals surface area contributed by atoms with Gasteiger partial charge >= 0.3 is 0 Å². The number of benzene rings is 1. The number of rotatable bonds is 3. The van der Waals surface area contributed by atoms with E-state index in [1.54, 1.807) is 0 Å². The highest BCUT2D eigenvalue weighted by atomic mass is 35.5. The predicted octanol–water partition coefficient (Wildman–Crippen LogP) is 4.23. The van der Waals surface area contributed by atoms with Gasteiger partial charge in [0.05, 0.1) is 0 Å². The van der Waals surface area contributed by atoms with Crippen molar-refractivity contribution in [3.63, 3.8) is 0 Å². The van der Waals surface area contributed by atoms with E-state index in [1.807, 2.05) is 50.2 Å². The molecule has 0 aliphatic carbocycles. The van der Waals surface area contributed by atoms with Gasteiger partial charge in [-0.3, -0.25) is 0 Å². The standard InChI is InChI=1S/C14H14ClNO/c1-10-5-3-4-6-13(10)17-14-8-12(9-15)7-11(2)16-14/h3-8H,9H2,1-2H3. The highest BCUT2D eigenvalue weighted by molar-refractivity contribution is 6.17. The molecule has 0 fully saturated rings. The Hall–Kier alpha value is -1.54. The summed E-state index contributed by atoms with van der Waals surface area (Å²) in [7, 11) is 0. The zero-order valence-electron chi connectivity index (χ0n) is 9.90. The van der Waals surface area contributed by atoms with Crippen molar-refractivity contribution in [2.24, 2.45) is 0 Å². The zero-order chi connectivity index (χ0) is 12.3. The van der Waals surface area contributed by atoms with Crippen LogP contribution in [0.2, 0.25) is 0 Å². The van der Waals surface area contributed by atoms with Gasteiger partial charge in [0.25, 0.3) is 0 Å². The average molecular weight is 248 g/mol. The molecule has 2 rings (SSSR count). The molecule has 17 heavy (non-hydrogen) atoms. The lowest BCUT2D eigenvalue weighted by Crippen LogP contribution is -1.93. The Kier molecular flexibility index (Phi) is 3.64. The molecule has 3 heteroatoms. The number of hydrogen-bond acceptors (Lipinski definition) is 2. The predicted molar refractivity (Wildman–Crippen MR) is 69.8 cm³/mol. The molecule has 2 nitrogen and oxygen atoms in total. The zero-order valence-corrected chi connectivity index (χ0v) is 10.7. The van der Waals surface area contributed by atoms with Crippen molar-refractivity contribution in [3.05, 3.63) is 53.2 Å².